The summed E-state index contributed by atoms with van der Waals surface area (Å²) in [5, 5.41) is 18.5. The number of pyridine rings is 1. The van der Waals surface area contributed by atoms with Crippen LogP contribution in [0.25, 0.3) is 11.0 Å². The molecule has 3 aromatic heterocycles. The molecule has 1 amide bonds. The number of hydrogen-bond acceptors (Lipinski definition) is 9. The molecule has 5 heterocycles. The van der Waals surface area contributed by atoms with Crippen LogP contribution in [0.1, 0.15) is 12.1 Å². The van der Waals surface area contributed by atoms with Gasteiger partial charge in [-0.05, 0) is 18.1 Å². The van der Waals surface area contributed by atoms with Crippen LogP contribution < -0.4 is 16.0 Å². The maximum absolute atomic E-state index is 13.4. The average Bonchev–Trinajstić information content (AvgIpc) is 3.47. The Labute approximate surface area is 205 Å². The van der Waals surface area contributed by atoms with E-state index in [-0.39, 0.29) is 31.5 Å². The van der Waals surface area contributed by atoms with Crippen LogP contribution in [-0.2, 0) is 11.8 Å². The maximum atomic E-state index is 13.4. The first-order valence-corrected chi connectivity index (χ1v) is 11.4. The molecule has 3 aromatic rings. The lowest BCUT2D eigenvalue weighted by molar-refractivity contribution is -0.494. The largest absolute Gasteiger partial charge is 0.337 e. The second-order valence-corrected chi connectivity index (χ2v) is 8.91. The highest BCUT2D eigenvalue weighted by atomic mass is 19.3. The Morgan fingerprint density at radius 1 is 1.31 bits per heavy atom. The Morgan fingerprint density at radius 2 is 2.14 bits per heavy atom. The minimum atomic E-state index is -2.74. The van der Waals surface area contributed by atoms with Crippen LogP contribution in [0.4, 0.5) is 31.9 Å². The SMILES string of the molecule is Cc1ncc(NC(=O)CN2CCC(F)(F)C2)cc1Nc1nn(C)c2nc(NC3C=N[N+](C)=C3)ncc12. The molecule has 5 rings (SSSR count). The number of nitrogens with one attached hydrogen (secondary N) is 3. The van der Waals surface area contributed by atoms with Crippen molar-refractivity contribution < 1.29 is 18.3 Å². The normalized spacial score (nSPS) is 19.0. The summed E-state index contributed by atoms with van der Waals surface area (Å²) in [6.45, 7) is 1.50. The van der Waals surface area contributed by atoms with Crippen molar-refractivity contribution in [3.8, 4) is 0 Å². The number of aromatic nitrogens is 5. The molecule has 0 aliphatic carbocycles. The number of fused-ring (bicyclic) bond motifs is 1. The molecule has 2 aliphatic rings. The van der Waals surface area contributed by atoms with Crippen molar-refractivity contribution in [2.75, 3.05) is 42.6 Å². The van der Waals surface area contributed by atoms with Gasteiger partial charge in [0.2, 0.25) is 18.1 Å². The molecule has 1 fully saturated rings. The van der Waals surface area contributed by atoms with E-state index >= 15 is 0 Å². The van der Waals surface area contributed by atoms with Crippen molar-refractivity contribution >= 4 is 52.5 Å². The molecule has 1 atom stereocenters. The molecule has 36 heavy (non-hydrogen) atoms. The zero-order valence-corrected chi connectivity index (χ0v) is 20.0. The van der Waals surface area contributed by atoms with Gasteiger partial charge in [-0.2, -0.15) is 10.1 Å². The Hall–Kier alpha value is -4.07. The lowest BCUT2D eigenvalue weighted by Gasteiger charge is -2.15. The molecule has 0 bridgehead atoms. The molecule has 1 unspecified atom stereocenters. The number of carbonyl (C=O) groups excluding carboxylic acids is 1. The molecule has 188 valence electrons. The van der Waals surface area contributed by atoms with Gasteiger partial charge in [0, 0.05) is 26.2 Å². The van der Waals surface area contributed by atoms with E-state index in [4.69, 9.17) is 0 Å². The van der Waals surface area contributed by atoms with Gasteiger partial charge < -0.3 is 16.0 Å². The highest BCUT2D eigenvalue weighted by Crippen LogP contribution is 2.28. The monoisotopic (exact) mass is 498 g/mol. The number of halogens is 2. The second-order valence-electron chi connectivity index (χ2n) is 8.91. The van der Waals surface area contributed by atoms with E-state index in [0.717, 1.165) is 0 Å². The molecule has 12 nitrogen and oxygen atoms in total. The quantitative estimate of drug-likeness (QED) is 0.419. The topological polar surface area (TPSA) is 128 Å². The van der Waals surface area contributed by atoms with Crippen LogP contribution in [0.15, 0.2) is 23.6 Å². The maximum Gasteiger partial charge on any atom is 0.261 e. The zero-order valence-electron chi connectivity index (χ0n) is 20.0. The third kappa shape index (κ3) is 5.12. The van der Waals surface area contributed by atoms with E-state index in [1.54, 1.807) is 34.9 Å². The molecule has 0 aromatic carbocycles. The number of hydrazone groups is 1. The number of amides is 1. The van der Waals surface area contributed by atoms with Crippen molar-refractivity contribution in [2.45, 2.75) is 25.3 Å². The van der Waals surface area contributed by atoms with Crippen LogP contribution in [0, 0.1) is 6.92 Å². The number of likely N-dealkylation sites (tertiary alicyclic amines) is 1. The van der Waals surface area contributed by atoms with Gasteiger partial charge in [0.05, 0.1) is 41.7 Å². The van der Waals surface area contributed by atoms with Gasteiger partial charge in [-0.25, -0.2) is 18.4 Å². The predicted octanol–water partition coefficient (Wildman–Crippen LogP) is 1.58. The fourth-order valence-electron chi connectivity index (χ4n) is 4.11. The first-order chi connectivity index (χ1) is 17.1. The Kier molecular flexibility index (Phi) is 6.04. The first kappa shape index (κ1) is 23.7. The van der Waals surface area contributed by atoms with Gasteiger partial charge in [-0.15, -0.1) is 0 Å². The van der Waals surface area contributed by atoms with E-state index in [1.165, 1.54) is 11.1 Å². The number of rotatable bonds is 7. The summed E-state index contributed by atoms with van der Waals surface area (Å²) in [4.78, 5) is 27.1. The fraction of sp³-hybridized carbons (Fsp3) is 0.409. The molecule has 1 saturated heterocycles. The van der Waals surface area contributed by atoms with Crippen LogP contribution in [0.2, 0.25) is 0 Å². The van der Waals surface area contributed by atoms with Gasteiger partial charge in [0.15, 0.2) is 24.6 Å². The van der Waals surface area contributed by atoms with Crippen LogP contribution in [0.5, 0.6) is 0 Å². The zero-order chi connectivity index (χ0) is 25.4. The number of alkyl halides is 2. The van der Waals surface area contributed by atoms with Gasteiger partial charge in [0.25, 0.3) is 5.92 Å². The van der Waals surface area contributed by atoms with Crippen molar-refractivity contribution in [1.82, 2.24) is 29.6 Å². The van der Waals surface area contributed by atoms with Crippen LogP contribution >= 0.6 is 0 Å². The second kappa shape index (κ2) is 9.18. The van der Waals surface area contributed by atoms with E-state index in [0.29, 0.717) is 39.9 Å². The molecule has 2 aliphatic heterocycles. The van der Waals surface area contributed by atoms with E-state index < -0.39 is 12.5 Å². The highest BCUT2D eigenvalue weighted by molar-refractivity contribution is 5.94. The molecule has 3 N–H and O–H groups in total. The van der Waals surface area contributed by atoms with Crippen LogP contribution in [0.3, 0.4) is 0 Å². The molecule has 0 spiro atoms. The van der Waals surface area contributed by atoms with Crippen molar-refractivity contribution in [3.63, 3.8) is 0 Å². The van der Waals surface area contributed by atoms with Crippen molar-refractivity contribution in [2.24, 2.45) is 12.1 Å². The molecular formula is C22H26F2N11O+. The summed E-state index contributed by atoms with van der Waals surface area (Å²) in [6, 6.07) is 1.62. The molecule has 0 saturated carbocycles. The van der Waals surface area contributed by atoms with Gasteiger partial charge in [0.1, 0.15) is 6.21 Å². The van der Waals surface area contributed by atoms with E-state index in [2.05, 4.69) is 41.1 Å². The predicted molar refractivity (Wildman–Crippen MR) is 131 cm³/mol. The summed E-state index contributed by atoms with van der Waals surface area (Å²) in [7, 11) is 3.62. The summed E-state index contributed by atoms with van der Waals surface area (Å²) < 4.78 is 30.1. The molecule has 0 radical (unpaired) electrons. The summed E-state index contributed by atoms with van der Waals surface area (Å²) in [6.07, 6.45) is 6.62. The van der Waals surface area contributed by atoms with Gasteiger partial charge >= 0.3 is 0 Å². The number of hydrogen-bond donors (Lipinski definition) is 3. The van der Waals surface area contributed by atoms with Gasteiger partial charge in [-0.3, -0.25) is 14.7 Å². The number of carbonyl (C=O) groups is 1. The van der Waals surface area contributed by atoms with Crippen molar-refractivity contribution in [1.29, 1.82) is 0 Å². The summed E-state index contributed by atoms with van der Waals surface area (Å²) in [5.74, 6) is -2.15. The Balaban J connectivity index is 1.30. The Bertz CT molecular complexity index is 1380. The van der Waals surface area contributed by atoms with Crippen LogP contribution in [-0.4, -0.2) is 91.3 Å². The first-order valence-electron chi connectivity index (χ1n) is 11.4. The summed E-state index contributed by atoms with van der Waals surface area (Å²) >= 11 is 0. The lowest BCUT2D eigenvalue weighted by Crippen LogP contribution is -2.33. The number of nitrogens with zero attached hydrogens (tertiary/aromatic N) is 8. The van der Waals surface area contributed by atoms with Crippen molar-refractivity contribution in [3.05, 3.63) is 24.2 Å². The lowest BCUT2D eigenvalue weighted by atomic mass is 10.2. The minimum absolute atomic E-state index is 0.105. The van der Waals surface area contributed by atoms with E-state index in [9.17, 15) is 13.6 Å². The molecular weight excluding hydrogens is 472 g/mol. The highest BCUT2D eigenvalue weighted by Gasteiger charge is 2.38. The minimum Gasteiger partial charge on any atom is -0.337 e. The molecule has 14 heteroatoms. The average molecular weight is 499 g/mol. The third-order valence-electron chi connectivity index (χ3n) is 5.90. The third-order valence-corrected chi connectivity index (χ3v) is 5.90. The number of aryl methyl sites for hydroxylation is 2. The smallest absolute Gasteiger partial charge is 0.261 e. The fourth-order valence-corrected chi connectivity index (χ4v) is 4.11. The number of anilines is 4. The van der Waals surface area contributed by atoms with Gasteiger partial charge in [-0.1, -0.05) is 4.68 Å². The summed E-state index contributed by atoms with van der Waals surface area (Å²) in [5.41, 5.74) is 2.38. The Morgan fingerprint density at radius 3 is 2.86 bits per heavy atom. The standard InChI is InChI=1S/C22H25F2N11O/c1-13-17(6-14(7-25-13)28-18(36)11-35-5-4-22(23,24)12-35)30-19-16-9-26-21(31-20(16)34(3)32-19)29-15-8-27-33(2)10-15/h6-10,15H,4-5,11-12H2,1-3H3,(H2-,26,28,29,30,31,32,36)/p+1. The van der Waals surface area contributed by atoms with E-state index in [1.807, 2.05) is 20.2 Å².